The average Bonchev–Trinajstić information content (AvgIpc) is 3.51. The van der Waals surface area contributed by atoms with Gasteiger partial charge < -0.3 is 38.6 Å². The summed E-state index contributed by atoms with van der Waals surface area (Å²) >= 11 is 0. The minimum atomic E-state index is -1.40. The monoisotopic (exact) mass is 766 g/mol. The lowest BCUT2D eigenvalue weighted by molar-refractivity contribution is -0.289. The van der Waals surface area contributed by atoms with Crippen molar-refractivity contribution in [1.29, 1.82) is 0 Å². The Kier molecular flexibility index (Phi) is 14.5. The highest BCUT2D eigenvalue weighted by molar-refractivity contribution is 5.68. The molecule has 0 radical (unpaired) electrons. The number of nitrogens with zero attached hydrogens (tertiary/aromatic N) is 2. The van der Waals surface area contributed by atoms with Gasteiger partial charge in [-0.1, -0.05) is 44.2 Å². The molecule has 1 aromatic heterocycles. The van der Waals surface area contributed by atoms with E-state index in [1.165, 1.54) is 66.5 Å². The molecule has 3 saturated heterocycles. The van der Waals surface area contributed by atoms with Crippen LogP contribution in [0.1, 0.15) is 108 Å². The van der Waals surface area contributed by atoms with Crippen molar-refractivity contribution in [3.8, 4) is 5.88 Å². The lowest BCUT2D eigenvalue weighted by Crippen LogP contribution is -2.63. The van der Waals surface area contributed by atoms with Crippen LogP contribution in [0.3, 0.4) is 0 Å². The van der Waals surface area contributed by atoms with Crippen LogP contribution >= 0.6 is 0 Å². The van der Waals surface area contributed by atoms with E-state index in [-0.39, 0.29) is 18.4 Å². The van der Waals surface area contributed by atoms with Gasteiger partial charge in [0.25, 0.3) is 0 Å². The number of benzene rings is 1. The number of piperidine rings is 2. The molecule has 3 fully saturated rings. The van der Waals surface area contributed by atoms with Crippen LogP contribution in [0.5, 0.6) is 5.88 Å². The first-order valence-corrected chi connectivity index (χ1v) is 19.5. The van der Waals surface area contributed by atoms with Crippen LogP contribution < -0.4 is 10.1 Å². The third-order valence-electron chi connectivity index (χ3n) is 10.7. The molecule has 55 heavy (non-hydrogen) atoms. The van der Waals surface area contributed by atoms with Gasteiger partial charge in [-0.3, -0.25) is 24.3 Å². The SMILES string of the molecule is CC(=O)OC[C@H]1OC(Oc2n[nH]c(C(C)C)c2Cc2ccc(/C=C/CCN3CCCC4(CCNCC4)C3)cc2C)[C@H](OC(C)=O)[C@@H](OC(C)=O)[C@@H]1OC(C)=O. The normalized spacial score (nSPS) is 24.1. The number of H-pyrrole nitrogens is 1. The first-order valence-electron chi connectivity index (χ1n) is 19.5. The Bertz CT molecular complexity index is 1680. The Balaban J connectivity index is 1.33. The smallest absolute Gasteiger partial charge is 0.303 e. The first-order chi connectivity index (χ1) is 26.2. The number of aryl methyl sites for hydroxylation is 1. The van der Waals surface area contributed by atoms with Crippen LogP contribution in [0.15, 0.2) is 24.3 Å². The zero-order chi connectivity index (χ0) is 39.7. The number of aromatic amines is 1. The van der Waals surface area contributed by atoms with Crippen LogP contribution in [0.4, 0.5) is 0 Å². The molecule has 0 bridgehead atoms. The van der Waals surface area contributed by atoms with Crippen LogP contribution in [0, 0.1) is 12.3 Å². The molecular weight excluding hydrogens is 708 g/mol. The molecule has 2 N–H and O–H groups in total. The zero-order valence-electron chi connectivity index (χ0n) is 33.3. The molecular formula is C41H58N4O10. The van der Waals surface area contributed by atoms with Crippen molar-refractivity contribution in [3.63, 3.8) is 0 Å². The summed E-state index contributed by atoms with van der Waals surface area (Å²) in [4.78, 5) is 51.2. The van der Waals surface area contributed by atoms with E-state index in [0.29, 0.717) is 11.8 Å². The molecule has 302 valence electrons. The van der Waals surface area contributed by atoms with E-state index in [4.69, 9.17) is 28.4 Å². The van der Waals surface area contributed by atoms with Crippen molar-refractivity contribution in [2.45, 2.75) is 124 Å². The van der Waals surface area contributed by atoms with Gasteiger partial charge in [0.1, 0.15) is 12.7 Å². The van der Waals surface area contributed by atoms with Gasteiger partial charge in [-0.15, -0.1) is 5.10 Å². The number of nitrogens with one attached hydrogen (secondary N) is 2. The summed E-state index contributed by atoms with van der Waals surface area (Å²) < 4.78 is 34.5. The van der Waals surface area contributed by atoms with Gasteiger partial charge in [-0.2, -0.15) is 0 Å². The molecule has 0 amide bonds. The third-order valence-corrected chi connectivity index (χ3v) is 10.7. The maximum absolute atomic E-state index is 12.4. The fourth-order valence-electron chi connectivity index (χ4n) is 8.05. The maximum Gasteiger partial charge on any atom is 0.303 e. The summed E-state index contributed by atoms with van der Waals surface area (Å²) in [5.74, 6) is -2.53. The van der Waals surface area contributed by atoms with Crippen molar-refractivity contribution in [3.05, 3.63) is 52.2 Å². The van der Waals surface area contributed by atoms with E-state index in [0.717, 1.165) is 54.0 Å². The Hall–Kier alpha value is -4.27. The van der Waals surface area contributed by atoms with Crippen molar-refractivity contribution in [2.24, 2.45) is 5.41 Å². The van der Waals surface area contributed by atoms with Crippen LogP contribution in [-0.2, 0) is 49.3 Å². The Labute approximate surface area is 323 Å². The van der Waals surface area contributed by atoms with E-state index in [9.17, 15) is 19.2 Å². The summed E-state index contributed by atoms with van der Waals surface area (Å²) in [6.07, 6.45) is 4.57. The highest BCUT2D eigenvalue weighted by Crippen LogP contribution is 2.38. The molecule has 0 aliphatic carbocycles. The van der Waals surface area contributed by atoms with E-state index in [1.54, 1.807) is 0 Å². The third kappa shape index (κ3) is 11.4. The average molecular weight is 767 g/mol. The van der Waals surface area contributed by atoms with Gasteiger partial charge >= 0.3 is 23.9 Å². The minimum Gasteiger partial charge on any atom is -0.463 e. The van der Waals surface area contributed by atoms with Crippen molar-refractivity contribution in [1.82, 2.24) is 20.4 Å². The van der Waals surface area contributed by atoms with Gasteiger partial charge in [0.15, 0.2) is 12.2 Å². The second-order valence-corrected chi connectivity index (χ2v) is 15.4. The number of hydrogen-bond donors (Lipinski definition) is 2. The second-order valence-electron chi connectivity index (χ2n) is 15.4. The number of carbonyl (C=O) groups is 4. The predicted octanol–water partition coefficient (Wildman–Crippen LogP) is 4.76. The molecule has 1 aromatic carbocycles. The number of ether oxygens (including phenoxy) is 6. The number of likely N-dealkylation sites (tertiary alicyclic amines) is 1. The molecule has 14 heteroatoms. The quantitative estimate of drug-likeness (QED) is 0.200. The number of hydrogen-bond acceptors (Lipinski definition) is 13. The molecule has 5 rings (SSSR count). The fourth-order valence-corrected chi connectivity index (χ4v) is 8.05. The van der Waals surface area contributed by atoms with E-state index < -0.39 is 54.6 Å². The van der Waals surface area contributed by atoms with Crippen LogP contribution in [0.25, 0.3) is 6.08 Å². The Morgan fingerprint density at radius 1 is 0.964 bits per heavy atom. The molecule has 3 aliphatic heterocycles. The summed E-state index contributed by atoms with van der Waals surface area (Å²) in [5, 5.41) is 11.1. The first kappa shape index (κ1) is 41.9. The second kappa shape index (κ2) is 19.1. The van der Waals surface area contributed by atoms with Crippen molar-refractivity contribution < 1.29 is 47.6 Å². The maximum atomic E-state index is 12.4. The van der Waals surface area contributed by atoms with Gasteiger partial charge in [-0.25, -0.2) is 0 Å². The number of carbonyl (C=O) groups excluding carboxylic acids is 4. The largest absolute Gasteiger partial charge is 0.463 e. The highest BCUT2D eigenvalue weighted by atomic mass is 16.7. The molecule has 2 aromatic rings. The van der Waals surface area contributed by atoms with Gasteiger partial charge in [-0.05, 0) is 86.7 Å². The van der Waals surface area contributed by atoms with E-state index in [2.05, 4.69) is 57.7 Å². The van der Waals surface area contributed by atoms with Gasteiger partial charge in [0, 0.05) is 58.5 Å². The molecule has 0 saturated carbocycles. The molecule has 1 unspecified atom stereocenters. The standard InChI is InChI=1S/C41H58N4O10/c1-25(2)35-33(22-32-13-12-31(21-26(32)3)11-8-9-19-45-20-10-14-41(24-45)15-17-42-18-16-41)39(44-43-35)55-40-38(53-30(7)49)37(52-29(6)48)36(51-28(5)47)34(54-40)23-50-27(4)46/h8,11-13,21,25,34,36-38,40,42H,9-10,14-20,22-24H2,1-7H3,(H,43,44)/b11-8+/t34-,36-,37+,38-,40?/m1/s1. The molecule has 14 nitrogen and oxygen atoms in total. The van der Waals surface area contributed by atoms with Crippen LogP contribution in [-0.4, -0.2) is 109 Å². The van der Waals surface area contributed by atoms with Gasteiger partial charge in [0.2, 0.25) is 18.3 Å². The molecule has 4 heterocycles. The lowest BCUT2D eigenvalue weighted by Gasteiger charge is -2.45. The number of rotatable bonds is 14. The molecule has 3 aliphatic rings. The fraction of sp³-hybridized carbons (Fsp3) is 0.634. The molecule has 1 spiro atoms. The van der Waals surface area contributed by atoms with Gasteiger partial charge in [0.05, 0.1) is 0 Å². The zero-order valence-corrected chi connectivity index (χ0v) is 33.3. The predicted molar refractivity (Wildman–Crippen MR) is 203 cm³/mol. The van der Waals surface area contributed by atoms with E-state index >= 15 is 0 Å². The Morgan fingerprint density at radius 2 is 1.65 bits per heavy atom. The lowest BCUT2D eigenvalue weighted by atomic mass is 9.73. The summed E-state index contributed by atoms with van der Waals surface area (Å²) in [6.45, 7) is 16.3. The number of esters is 4. The Morgan fingerprint density at radius 3 is 2.31 bits per heavy atom. The highest BCUT2D eigenvalue weighted by Gasteiger charge is 2.53. The van der Waals surface area contributed by atoms with Crippen molar-refractivity contribution in [2.75, 3.05) is 39.3 Å². The summed E-state index contributed by atoms with van der Waals surface area (Å²) in [7, 11) is 0. The minimum absolute atomic E-state index is 0.0438. The molecule has 5 atom stereocenters. The topological polar surface area (TPSA) is 168 Å². The summed E-state index contributed by atoms with van der Waals surface area (Å²) in [6, 6.07) is 6.39. The van der Waals surface area contributed by atoms with Crippen molar-refractivity contribution >= 4 is 30.0 Å². The van der Waals surface area contributed by atoms with E-state index in [1.807, 2.05) is 13.8 Å². The number of aromatic nitrogens is 2. The van der Waals surface area contributed by atoms with Crippen LogP contribution in [0.2, 0.25) is 0 Å². The summed E-state index contributed by atoms with van der Waals surface area (Å²) in [5.41, 5.74) is 5.39.